The van der Waals surface area contributed by atoms with Gasteiger partial charge >= 0.3 is 0 Å². The van der Waals surface area contributed by atoms with Crippen molar-refractivity contribution in [1.29, 1.82) is 0 Å². The summed E-state index contributed by atoms with van der Waals surface area (Å²) in [5.74, 6) is 0. The minimum absolute atomic E-state index is 0.0666. The molecule has 0 saturated heterocycles. The Kier molecular flexibility index (Phi) is 4.16. The maximum atomic E-state index is 10.5. The van der Waals surface area contributed by atoms with Gasteiger partial charge in [0, 0.05) is 5.39 Å². The van der Waals surface area contributed by atoms with Gasteiger partial charge in [-0.2, -0.15) is 8.42 Å². The molecular formula is C14H13NO4S. The monoisotopic (exact) mass is 291 g/mol. The van der Waals surface area contributed by atoms with E-state index in [4.69, 9.17) is 9.08 Å². The first-order valence-corrected chi connectivity index (χ1v) is 7.24. The molecule has 1 N–H and O–H groups in total. The minimum atomic E-state index is -4.02. The van der Waals surface area contributed by atoms with Crippen LogP contribution in [0.5, 0.6) is 0 Å². The lowest BCUT2D eigenvalue weighted by Gasteiger charge is -1.95. The van der Waals surface area contributed by atoms with Gasteiger partial charge in [-0.15, -0.1) is 0 Å². The molecule has 0 aliphatic heterocycles. The van der Waals surface area contributed by atoms with Gasteiger partial charge in [0.2, 0.25) is 0 Å². The molecule has 1 heterocycles. The summed E-state index contributed by atoms with van der Waals surface area (Å²) < 4.78 is 34.4. The van der Waals surface area contributed by atoms with Crippen LogP contribution in [0.4, 0.5) is 0 Å². The fourth-order valence-corrected chi connectivity index (χ4v) is 2.00. The van der Waals surface area contributed by atoms with Crippen molar-refractivity contribution in [2.24, 2.45) is 0 Å². The van der Waals surface area contributed by atoms with Crippen LogP contribution in [0, 0.1) is 6.92 Å². The van der Waals surface area contributed by atoms with E-state index in [1.165, 1.54) is 12.1 Å². The molecule has 2 aromatic carbocycles. The third kappa shape index (κ3) is 3.66. The first kappa shape index (κ1) is 14.2. The van der Waals surface area contributed by atoms with E-state index in [-0.39, 0.29) is 4.90 Å². The van der Waals surface area contributed by atoms with Crippen molar-refractivity contribution in [1.82, 2.24) is 5.16 Å². The Hall–Kier alpha value is -2.18. The molecule has 0 amide bonds. The first-order chi connectivity index (χ1) is 9.47. The first-order valence-electron chi connectivity index (χ1n) is 5.80. The fourth-order valence-electron chi connectivity index (χ4n) is 1.52. The predicted molar refractivity (Wildman–Crippen MR) is 75.0 cm³/mol. The number of benzene rings is 2. The van der Waals surface area contributed by atoms with E-state index in [0.717, 1.165) is 16.5 Å². The number of aromatic nitrogens is 1. The van der Waals surface area contributed by atoms with Crippen LogP contribution in [0.3, 0.4) is 0 Å². The molecule has 0 saturated carbocycles. The molecule has 1 aromatic heterocycles. The second-order valence-electron chi connectivity index (χ2n) is 4.15. The molecule has 6 heteroatoms. The molecule has 0 bridgehead atoms. The summed E-state index contributed by atoms with van der Waals surface area (Å²) in [5, 5.41) is 4.68. The van der Waals surface area contributed by atoms with E-state index in [9.17, 15) is 8.42 Å². The van der Waals surface area contributed by atoms with E-state index in [1.54, 1.807) is 18.3 Å². The SMILES string of the molecule is Cc1ccc(S(=O)(=O)O)cc1.c1ccc2oncc2c1. The standard InChI is InChI=1S/C7H5NO.C7H8O3S/c1-2-4-7-6(3-1)5-8-9-7;1-6-2-4-7(5-3-6)11(8,9)10/h1-5H;2-5H,1H3,(H,8,9,10). The van der Waals surface area contributed by atoms with Crippen molar-refractivity contribution in [3.63, 3.8) is 0 Å². The number of hydrogen-bond donors (Lipinski definition) is 1. The predicted octanol–water partition coefficient (Wildman–Crippen LogP) is 3.07. The van der Waals surface area contributed by atoms with Gasteiger partial charge in [-0.1, -0.05) is 35.0 Å². The lowest BCUT2D eigenvalue weighted by Crippen LogP contribution is -1.96. The van der Waals surface area contributed by atoms with Crippen LogP contribution in [0.25, 0.3) is 11.0 Å². The molecule has 0 unspecified atom stereocenters. The molecule has 3 aromatic rings. The Balaban J connectivity index is 0.000000149. The zero-order valence-corrected chi connectivity index (χ0v) is 11.5. The summed E-state index contributed by atoms with van der Waals surface area (Å²) in [6, 6.07) is 13.7. The molecule has 0 spiro atoms. The van der Waals surface area contributed by atoms with E-state index in [0.29, 0.717) is 0 Å². The van der Waals surface area contributed by atoms with E-state index in [2.05, 4.69) is 5.16 Å². The average Bonchev–Trinajstić information content (AvgIpc) is 2.87. The molecule has 0 fully saturated rings. The highest BCUT2D eigenvalue weighted by Crippen LogP contribution is 2.10. The van der Waals surface area contributed by atoms with Crippen molar-refractivity contribution in [2.75, 3.05) is 0 Å². The van der Waals surface area contributed by atoms with Gasteiger partial charge < -0.3 is 4.52 Å². The average molecular weight is 291 g/mol. The summed E-state index contributed by atoms with van der Waals surface area (Å²) in [6.45, 7) is 1.84. The number of fused-ring (bicyclic) bond motifs is 1. The van der Waals surface area contributed by atoms with Crippen molar-refractivity contribution in [3.8, 4) is 0 Å². The fraction of sp³-hybridized carbons (Fsp3) is 0.0714. The molecule has 20 heavy (non-hydrogen) atoms. The molecule has 0 aliphatic carbocycles. The molecule has 0 atom stereocenters. The number of nitrogens with zero attached hydrogens (tertiary/aromatic N) is 1. The van der Waals surface area contributed by atoms with Crippen molar-refractivity contribution < 1.29 is 17.5 Å². The van der Waals surface area contributed by atoms with Crippen LogP contribution in [0.2, 0.25) is 0 Å². The van der Waals surface area contributed by atoms with Gasteiger partial charge in [0.25, 0.3) is 10.1 Å². The van der Waals surface area contributed by atoms with E-state index < -0.39 is 10.1 Å². The maximum Gasteiger partial charge on any atom is 0.294 e. The molecule has 3 rings (SSSR count). The van der Waals surface area contributed by atoms with Gasteiger partial charge in [0.05, 0.1) is 11.1 Å². The molecule has 5 nitrogen and oxygen atoms in total. The van der Waals surface area contributed by atoms with Gasteiger partial charge in [-0.25, -0.2) is 0 Å². The van der Waals surface area contributed by atoms with Crippen LogP contribution in [-0.2, 0) is 10.1 Å². The summed E-state index contributed by atoms with van der Waals surface area (Å²) >= 11 is 0. The van der Waals surface area contributed by atoms with Gasteiger partial charge in [-0.05, 0) is 31.2 Å². The second-order valence-corrected chi connectivity index (χ2v) is 5.57. The highest BCUT2D eigenvalue weighted by atomic mass is 32.2. The smallest absolute Gasteiger partial charge is 0.294 e. The zero-order chi connectivity index (χ0) is 14.6. The second kappa shape index (κ2) is 5.85. The Labute approximate surface area is 116 Å². The largest absolute Gasteiger partial charge is 0.356 e. The summed E-state index contributed by atoms with van der Waals surface area (Å²) in [7, 11) is -4.02. The van der Waals surface area contributed by atoms with Gasteiger partial charge in [0.15, 0.2) is 5.58 Å². The number of para-hydroxylation sites is 1. The van der Waals surface area contributed by atoms with Crippen molar-refractivity contribution >= 4 is 21.1 Å². The Morgan fingerprint density at radius 3 is 2.30 bits per heavy atom. The Bertz CT molecular complexity index is 761. The highest BCUT2D eigenvalue weighted by Gasteiger charge is 2.06. The van der Waals surface area contributed by atoms with Gasteiger partial charge in [0.1, 0.15) is 0 Å². The topological polar surface area (TPSA) is 80.4 Å². The van der Waals surface area contributed by atoms with Crippen LogP contribution >= 0.6 is 0 Å². The van der Waals surface area contributed by atoms with Crippen molar-refractivity contribution in [3.05, 3.63) is 60.3 Å². The summed E-state index contributed by atoms with van der Waals surface area (Å²) in [4.78, 5) is -0.0666. The van der Waals surface area contributed by atoms with Crippen LogP contribution in [-0.4, -0.2) is 18.1 Å². The molecule has 0 radical (unpaired) electrons. The third-order valence-electron chi connectivity index (χ3n) is 2.58. The van der Waals surface area contributed by atoms with Gasteiger partial charge in [-0.3, -0.25) is 4.55 Å². The normalized spacial score (nSPS) is 10.9. The van der Waals surface area contributed by atoms with Crippen LogP contribution in [0.15, 0.2) is 64.1 Å². The number of hydrogen-bond acceptors (Lipinski definition) is 4. The third-order valence-corrected chi connectivity index (χ3v) is 3.45. The lowest BCUT2D eigenvalue weighted by molar-refractivity contribution is 0.456. The molecule has 104 valence electrons. The lowest BCUT2D eigenvalue weighted by atomic mass is 10.2. The zero-order valence-electron chi connectivity index (χ0n) is 10.7. The summed E-state index contributed by atoms with van der Waals surface area (Å²) in [6.07, 6.45) is 1.70. The minimum Gasteiger partial charge on any atom is -0.356 e. The number of rotatable bonds is 1. The van der Waals surface area contributed by atoms with Crippen LogP contribution in [0.1, 0.15) is 5.56 Å². The summed E-state index contributed by atoms with van der Waals surface area (Å²) in [5.41, 5.74) is 1.80. The highest BCUT2D eigenvalue weighted by molar-refractivity contribution is 7.85. The molecular weight excluding hydrogens is 278 g/mol. The quantitative estimate of drug-likeness (QED) is 0.697. The van der Waals surface area contributed by atoms with E-state index >= 15 is 0 Å². The maximum absolute atomic E-state index is 10.5. The van der Waals surface area contributed by atoms with Crippen molar-refractivity contribution in [2.45, 2.75) is 11.8 Å². The van der Waals surface area contributed by atoms with E-state index in [1.807, 2.05) is 31.2 Å². The van der Waals surface area contributed by atoms with Crippen LogP contribution < -0.4 is 0 Å². The molecule has 0 aliphatic rings. The number of aryl methyl sites for hydroxylation is 1. The Morgan fingerprint density at radius 1 is 1.05 bits per heavy atom. The Morgan fingerprint density at radius 2 is 1.70 bits per heavy atom.